The zero-order valence-electron chi connectivity index (χ0n) is 18.2. The van der Waals surface area contributed by atoms with E-state index >= 15 is 0 Å². The Bertz CT molecular complexity index is 1090. The molecule has 4 rings (SSSR count). The first-order chi connectivity index (χ1) is 15.3. The van der Waals surface area contributed by atoms with Crippen molar-refractivity contribution in [1.82, 2.24) is 9.62 Å². The van der Waals surface area contributed by atoms with E-state index in [0.29, 0.717) is 37.4 Å². The van der Waals surface area contributed by atoms with E-state index in [9.17, 15) is 18.0 Å². The Hall–Kier alpha value is -2.71. The molecule has 1 aliphatic carbocycles. The summed E-state index contributed by atoms with van der Waals surface area (Å²) in [5, 5.41) is 5.87. The van der Waals surface area contributed by atoms with E-state index in [4.69, 9.17) is 0 Å². The number of piperidine rings is 1. The number of aryl methyl sites for hydroxylation is 1. The average Bonchev–Trinajstić information content (AvgIpc) is 3.64. The second kappa shape index (κ2) is 9.42. The summed E-state index contributed by atoms with van der Waals surface area (Å²) in [4.78, 5) is 24.9. The zero-order valence-corrected chi connectivity index (χ0v) is 19.0. The monoisotopic (exact) mass is 455 g/mol. The molecule has 8 heteroatoms. The number of sulfonamides is 1. The van der Waals surface area contributed by atoms with Crippen LogP contribution in [0.15, 0.2) is 53.4 Å². The number of benzene rings is 2. The van der Waals surface area contributed by atoms with E-state index in [1.165, 1.54) is 4.31 Å². The second-order valence-electron chi connectivity index (χ2n) is 8.67. The molecule has 0 unspecified atom stereocenters. The van der Waals surface area contributed by atoms with Gasteiger partial charge in [-0.05, 0) is 62.4 Å². The summed E-state index contributed by atoms with van der Waals surface area (Å²) >= 11 is 0. The highest BCUT2D eigenvalue weighted by molar-refractivity contribution is 7.89. The van der Waals surface area contributed by atoms with Gasteiger partial charge >= 0.3 is 0 Å². The van der Waals surface area contributed by atoms with Crippen LogP contribution in [0.3, 0.4) is 0 Å². The standard InChI is InChI=1S/C24H29N3O4S/c1-17-5-9-22(10-6-17)32(30,31)27-13-11-20(12-14-27)23(28)25-16-18-3-2-4-21(15-18)26-24(29)19-7-8-19/h2-6,9-10,15,19-20H,7-8,11-14,16H2,1H3,(H,25,28)(H,26,29). The van der Waals surface area contributed by atoms with Gasteiger partial charge in [0, 0.05) is 37.2 Å². The third kappa shape index (κ3) is 5.37. The van der Waals surface area contributed by atoms with Gasteiger partial charge in [0.25, 0.3) is 0 Å². The highest BCUT2D eigenvalue weighted by atomic mass is 32.2. The first kappa shape index (κ1) is 22.5. The fourth-order valence-electron chi connectivity index (χ4n) is 3.90. The van der Waals surface area contributed by atoms with Gasteiger partial charge in [-0.1, -0.05) is 29.8 Å². The summed E-state index contributed by atoms with van der Waals surface area (Å²) in [7, 11) is -3.53. The van der Waals surface area contributed by atoms with Crippen LogP contribution in [0.5, 0.6) is 0 Å². The minimum absolute atomic E-state index is 0.0542. The fourth-order valence-corrected chi connectivity index (χ4v) is 5.37. The minimum Gasteiger partial charge on any atom is -0.352 e. The lowest BCUT2D eigenvalue weighted by Crippen LogP contribution is -2.42. The first-order valence-electron chi connectivity index (χ1n) is 11.1. The summed E-state index contributed by atoms with van der Waals surface area (Å²) in [5.74, 6) is -0.0837. The molecule has 0 aromatic heterocycles. The normalized spacial score (nSPS) is 17.7. The van der Waals surface area contributed by atoms with Crippen molar-refractivity contribution in [2.45, 2.75) is 44.0 Å². The third-order valence-corrected chi connectivity index (χ3v) is 8.01. The largest absolute Gasteiger partial charge is 0.352 e. The van der Waals surface area contributed by atoms with E-state index in [-0.39, 0.29) is 23.7 Å². The van der Waals surface area contributed by atoms with Crippen LogP contribution >= 0.6 is 0 Å². The Labute approximate surface area is 189 Å². The average molecular weight is 456 g/mol. The maximum atomic E-state index is 12.8. The lowest BCUT2D eigenvalue weighted by Gasteiger charge is -2.30. The van der Waals surface area contributed by atoms with Crippen LogP contribution in [0.1, 0.15) is 36.8 Å². The molecule has 0 radical (unpaired) electrons. The smallest absolute Gasteiger partial charge is 0.243 e. The number of anilines is 1. The van der Waals surface area contributed by atoms with Crippen LogP contribution < -0.4 is 10.6 Å². The molecule has 0 atom stereocenters. The molecule has 1 aliphatic heterocycles. The molecule has 0 spiro atoms. The van der Waals surface area contributed by atoms with E-state index in [0.717, 1.165) is 29.7 Å². The van der Waals surface area contributed by atoms with Gasteiger partial charge in [-0.3, -0.25) is 9.59 Å². The van der Waals surface area contributed by atoms with E-state index in [1.54, 1.807) is 24.3 Å². The summed E-state index contributed by atoms with van der Waals surface area (Å²) in [6, 6.07) is 14.3. The van der Waals surface area contributed by atoms with Gasteiger partial charge in [0.15, 0.2) is 0 Å². The van der Waals surface area contributed by atoms with Gasteiger partial charge in [0.2, 0.25) is 21.8 Å². The molecule has 7 nitrogen and oxygen atoms in total. The molecule has 2 aromatic rings. The minimum atomic E-state index is -3.53. The van der Waals surface area contributed by atoms with Crippen molar-refractivity contribution in [3.63, 3.8) is 0 Å². The van der Waals surface area contributed by atoms with Crippen molar-refractivity contribution in [2.75, 3.05) is 18.4 Å². The van der Waals surface area contributed by atoms with E-state index in [2.05, 4.69) is 10.6 Å². The Morgan fingerprint density at radius 3 is 2.25 bits per heavy atom. The second-order valence-corrected chi connectivity index (χ2v) is 10.6. The molecule has 2 N–H and O–H groups in total. The fraction of sp³-hybridized carbons (Fsp3) is 0.417. The van der Waals surface area contributed by atoms with Crippen molar-refractivity contribution in [1.29, 1.82) is 0 Å². The quantitative estimate of drug-likeness (QED) is 0.671. The number of nitrogens with zero attached hydrogens (tertiary/aromatic N) is 1. The molecule has 1 saturated carbocycles. The summed E-state index contributed by atoms with van der Waals surface area (Å²) in [6.07, 6.45) is 2.89. The molecule has 2 fully saturated rings. The molecule has 170 valence electrons. The van der Waals surface area contributed by atoms with Crippen LogP contribution in [-0.4, -0.2) is 37.6 Å². The Morgan fingerprint density at radius 2 is 1.59 bits per heavy atom. The number of carbonyl (C=O) groups excluding carboxylic acids is 2. The number of amides is 2. The lowest BCUT2D eigenvalue weighted by atomic mass is 9.97. The number of hydrogen-bond donors (Lipinski definition) is 2. The van der Waals surface area contributed by atoms with Crippen molar-refractivity contribution in [2.24, 2.45) is 11.8 Å². The highest BCUT2D eigenvalue weighted by Gasteiger charge is 2.32. The molecular formula is C24H29N3O4S. The van der Waals surface area contributed by atoms with Gasteiger partial charge in [-0.15, -0.1) is 0 Å². The van der Waals surface area contributed by atoms with Crippen molar-refractivity contribution < 1.29 is 18.0 Å². The van der Waals surface area contributed by atoms with Crippen molar-refractivity contribution >= 4 is 27.5 Å². The number of nitrogens with one attached hydrogen (secondary N) is 2. The van der Waals surface area contributed by atoms with Crippen LogP contribution in [-0.2, 0) is 26.2 Å². The molecule has 1 heterocycles. The predicted octanol–water partition coefficient (Wildman–Crippen LogP) is 3.06. The van der Waals surface area contributed by atoms with Crippen molar-refractivity contribution in [3.8, 4) is 0 Å². The number of hydrogen-bond acceptors (Lipinski definition) is 4. The first-order valence-corrected chi connectivity index (χ1v) is 12.5. The number of carbonyl (C=O) groups is 2. The Morgan fingerprint density at radius 1 is 0.938 bits per heavy atom. The summed E-state index contributed by atoms with van der Waals surface area (Å²) in [5.41, 5.74) is 2.66. The molecule has 1 saturated heterocycles. The summed E-state index contributed by atoms with van der Waals surface area (Å²) < 4.78 is 27.1. The summed E-state index contributed by atoms with van der Waals surface area (Å²) in [6.45, 7) is 2.95. The Kier molecular flexibility index (Phi) is 6.62. The van der Waals surface area contributed by atoms with Gasteiger partial charge in [-0.2, -0.15) is 4.31 Å². The van der Waals surface area contributed by atoms with E-state index in [1.807, 2.05) is 31.2 Å². The third-order valence-electron chi connectivity index (χ3n) is 6.09. The van der Waals surface area contributed by atoms with Crippen LogP contribution in [0, 0.1) is 18.8 Å². The Balaban J connectivity index is 1.27. The van der Waals surface area contributed by atoms with Crippen LogP contribution in [0.25, 0.3) is 0 Å². The lowest BCUT2D eigenvalue weighted by molar-refractivity contribution is -0.126. The molecule has 32 heavy (non-hydrogen) atoms. The molecule has 2 aromatic carbocycles. The van der Waals surface area contributed by atoms with Gasteiger partial charge in [0.1, 0.15) is 0 Å². The van der Waals surface area contributed by atoms with Gasteiger partial charge < -0.3 is 10.6 Å². The molecular weight excluding hydrogens is 426 g/mol. The van der Waals surface area contributed by atoms with E-state index < -0.39 is 10.0 Å². The maximum absolute atomic E-state index is 12.8. The zero-order chi connectivity index (χ0) is 22.7. The SMILES string of the molecule is Cc1ccc(S(=O)(=O)N2CCC(C(=O)NCc3cccc(NC(=O)C4CC4)c3)CC2)cc1. The van der Waals surface area contributed by atoms with Crippen LogP contribution in [0.4, 0.5) is 5.69 Å². The maximum Gasteiger partial charge on any atom is 0.243 e. The van der Waals surface area contributed by atoms with Crippen LogP contribution in [0.2, 0.25) is 0 Å². The molecule has 0 bridgehead atoms. The highest BCUT2D eigenvalue weighted by Crippen LogP contribution is 2.30. The predicted molar refractivity (Wildman–Crippen MR) is 122 cm³/mol. The molecule has 2 aliphatic rings. The van der Waals surface area contributed by atoms with Gasteiger partial charge in [0.05, 0.1) is 4.90 Å². The van der Waals surface area contributed by atoms with Gasteiger partial charge in [-0.25, -0.2) is 8.42 Å². The van der Waals surface area contributed by atoms with Crippen molar-refractivity contribution in [3.05, 3.63) is 59.7 Å². The molecule has 2 amide bonds. The number of rotatable bonds is 7. The topological polar surface area (TPSA) is 95.6 Å².